The van der Waals surface area contributed by atoms with E-state index in [1.807, 2.05) is 12.1 Å². The molecule has 0 unspecified atom stereocenters. The average molecular weight is 259 g/mol. The molecular weight excluding hydrogens is 252 g/mol. The summed E-state index contributed by atoms with van der Waals surface area (Å²) >= 11 is 5.85. The van der Waals surface area contributed by atoms with Crippen molar-refractivity contribution in [3.8, 4) is 17.3 Å². The molecule has 6 nitrogen and oxygen atoms in total. The zero-order valence-corrected chi connectivity index (χ0v) is 9.86. The van der Waals surface area contributed by atoms with Gasteiger partial charge in [0.05, 0.1) is 0 Å². The third kappa shape index (κ3) is 1.93. The first-order valence-corrected chi connectivity index (χ1v) is 5.53. The molecular formula is C11H7ClN6. The normalized spacial score (nSPS) is 10.5. The SMILES string of the molecule is Clc1nc(-c2ccncc2)n(-c2ncccn2)n1. The summed E-state index contributed by atoms with van der Waals surface area (Å²) in [5, 5.41) is 4.23. The lowest BCUT2D eigenvalue weighted by Crippen LogP contribution is -2.04. The molecule has 0 spiro atoms. The quantitative estimate of drug-likeness (QED) is 0.701. The molecule has 0 saturated carbocycles. The van der Waals surface area contributed by atoms with Crippen molar-refractivity contribution in [1.82, 2.24) is 29.7 Å². The van der Waals surface area contributed by atoms with Crippen LogP contribution in [0.3, 0.4) is 0 Å². The minimum absolute atomic E-state index is 0.147. The van der Waals surface area contributed by atoms with E-state index in [-0.39, 0.29) is 5.28 Å². The Labute approximate surface area is 107 Å². The van der Waals surface area contributed by atoms with Crippen LogP contribution in [0.1, 0.15) is 0 Å². The topological polar surface area (TPSA) is 69.4 Å². The highest BCUT2D eigenvalue weighted by atomic mass is 35.5. The van der Waals surface area contributed by atoms with Gasteiger partial charge >= 0.3 is 0 Å². The van der Waals surface area contributed by atoms with Crippen molar-refractivity contribution in [3.63, 3.8) is 0 Å². The zero-order chi connectivity index (χ0) is 12.4. The van der Waals surface area contributed by atoms with E-state index in [1.54, 1.807) is 30.9 Å². The summed E-state index contributed by atoms with van der Waals surface area (Å²) in [4.78, 5) is 16.4. The van der Waals surface area contributed by atoms with Crippen LogP contribution in [0.4, 0.5) is 0 Å². The summed E-state index contributed by atoms with van der Waals surface area (Å²) in [5.41, 5.74) is 0.844. The molecule has 88 valence electrons. The molecule has 3 rings (SSSR count). The van der Waals surface area contributed by atoms with Gasteiger partial charge in [0.2, 0.25) is 5.28 Å². The third-order valence-electron chi connectivity index (χ3n) is 2.26. The molecule has 18 heavy (non-hydrogen) atoms. The second-order valence-corrected chi connectivity index (χ2v) is 3.74. The summed E-state index contributed by atoms with van der Waals surface area (Å²) in [6, 6.07) is 5.37. The van der Waals surface area contributed by atoms with Crippen LogP contribution < -0.4 is 0 Å². The Hall–Kier alpha value is -2.34. The minimum Gasteiger partial charge on any atom is -0.265 e. The number of halogens is 1. The largest absolute Gasteiger partial charge is 0.265 e. The van der Waals surface area contributed by atoms with E-state index in [2.05, 4.69) is 25.0 Å². The average Bonchev–Trinajstić information content (AvgIpc) is 2.83. The van der Waals surface area contributed by atoms with Crippen molar-refractivity contribution in [3.05, 3.63) is 48.3 Å². The van der Waals surface area contributed by atoms with Crippen molar-refractivity contribution < 1.29 is 0 Å². The molecule has 7 heteroatoms. The second kappa shape index (κ2) is 4.50. The van der Waals surface area contributed by atoms with E-state index >= 15 is 0 Å². The van der Waals surface area contributed by atoms with Crippen LogP contribution in [0.25, 0.3) is 17.3 Å². The summed E-state index contributed by atoms with van der Waals surface area (Å²) in [5.74, 6) is 0.998. The number of nitrogens with zero attached hydrogens (tertiary/aromatic N) is 6. The molecule has 0 fully saturated rings. The number of hydrogen-bond donors (Lipinski definition) is 0. The molecule has 0 N–H and O–H groups in total. The predicted octanol–water partition coefficient (Wildman–Crippen LogP) is 1.77. The highest BCUT2D eigenvalue weighted by Crippen LogP contribution is 2.19. The maximum atomic E-state index is 5.85. The molecule has 0 radical (unpaired) electrons. The Balaban J connectivity index is 2.17. The molecule has 0 bridgehead atoms. The Morgan fingerprint density at radius 3 is 2.44 bits per heavy atom. The highest BCUT2D eigenvalue weighted by Gasteiger charge is 2.13. The molecule has 3 aromatic rings. The lowest BCUT2D eigenvalue weighted by Gasteiger charge is -2.02. The standard InChI is InChI=1S/C11H7ClN6/c12-10-16-9(8-2-6-13-7-3-8)18(17-10)11-14-4-1-5-15-11/h1-7H. The fraction of sp³-hybridized carbons (Fsp3) is 0. The van der Waals surface area contributed by atoms with Crippen molar-refractivity contribution in [2.75, 3.05) is 0 Å². The molecule has 3 aromatic heterocycles. The van der Waals surface area contributed by atoms with Crippen molar-refractivity contribution in [1.29, 1.82) is 0 Å². The van der Waals surface area contributed by atoms with Crippen LogP contribution in [0.2, 0.25) is 5.28 Å². The maximum Gasteiger partial charge on any atom is 0.252 e. The van der Waals surface area contributed by atoms with Crippen LogP contribution in [0, 0.1) is 0 Å². The van der Waals surface area contributed by atoms with Crippen LogP contribution in [-0.4, -0.2) is 29.7 Å². The summed E-state index contributed by atoms with van der Waals surface area (Å²) in [6.07, 6.45) is 6.62. The molecule has 0 amide bonds. The van der Waals surface area contributed by atoms with Gasteiger partial charge in [-0.05, 0) is 29.8 Å². The molecule has 0 aromatic carbocycles. The molecule has 0 aliphatic carbocycles. The lowest BCUT2D eigenvalue weighted by atomic mass is 10.2. The fourth-order valence-electron chi connectivity index (χ4n) is 1.51. The smallest absolute Gasteiger partial charge is 0.252 e. The third-order valence-corrected chi connectivity index (χ3v) is 2.42. The highest BCUT2D eigenvalue weighted by molar-refractivity contribution is 6.28. The Bertz CT molecular complexity index is 595. The maximum absolute atomic E-state index is 5.85. The van der Waals surface area contributed by atoms with Gasteiger partial charge in [0.1, 0.15) is 0 Å². The zero-order valence-electron chi connectivity index (χ0n) is 9.10. The van der Waals surface area contributed by atoms with Gasteiger partial charge in [-0.3, -0.25) is 4.98 Å². The van der Waals surface area contributed by atoms with E-state index < -0.39 is 0 Å². The molecule has 0 aliphatic rings. The predicted molar refractivity (Wildman–Crippen MR) is 65.2 cm³/mol. The van der Waals surface area contributed by atoms with Crippen LogP contribution in [-0.2, 0) is 0 Å². The van der Waals surface area contributed by atoms with Crippen LogP contribution >= 0.6 is 11.6 Å². The van der Waals surface area contributed by atoms with Gasteiger partial charge in [0.15, 0.2) is 5.82 Å². The van der Waals surface area contributed by atoms with Gasteiger partial charge < -0.3 is 0 Å². The Morgan fingerprint density at radius 1 is 1.00 bits per heavy atom. The number of rotatable bonds is 2. The van der Waals surface area contributed by atoms with Gasteiger partial charge in [-0.15, -0.1) is 5.10 Å². The van der Waals surface area contributed by atoms with Crippen molar-refractivity contribution in [2.24, 2.45) is 0 Å². The number of aromatic nitrogens is 6. The first-order chi connectivity index (χ1) is 8.84. The van der Waals surface area contributed by atoms with Gasteiger partial charge in [-0.2, -0.15) is 9.67 Å². The monoisotopic (exact) mass is 258 g/mol. The fourth-order valence-corrected chi connectivity index (χ4v) is 1.67. The van der Waals surface area contributed by atoms with E-state index in [0.29, 0.717) is 11.8 Å². The summed E-state index contributed by atoms with van der Waals surface area (Å²) in [6.45, 7) is 0. The van der Waals surface area contributed by atoms with Crippen LogP contribution in [0.5, 0.6) is 0 Å². The first kappa shape index (κ1) is 10.8. The van der Waals surface area contributed by atoms with E-state index in [0.717, 1.165) is 5.56 Å². The van der Waals surface area contributed by atoms with Gasteiger partial charge in [0, 0.05) is 30.4 Å². The van der Waals surface area contributed by atoms with Gasteiger partial charge in [0.25, 0.3) is 5.95 Å². The van der Waals surface area contributed by atoms with E-state index in [1.165, 1.54) is 4.68 Å². The van der Waals surface area contributed by atoms with Crippen LogP contribution in [0.15, 0.2) is 43.0 Å². The molecule has 0 atom stereocenters. The molecule has 0 aliphatic heterocycles. The van der Waals surface area contributed by atoms with E-state index in [9.17, 15) is 0 Å². The number of pyridine rings is 1. The first-order valence-electron chi connectivity index (χ1n) is 5.15. The number of hydrogen-bond acceptors (Lipinski definition) is 5. The summed E-state index contributed by atoms with van der Waals surface area (Å²) in [7, 11) is 0. The Morgan fingerprint density at radius 2 is 1.72 bits per heavy atom. The summed E-state index contributed by atoms with van der Waals surface area (Å²) < 4.78 is 1.50. The lowest BCUT2D eigenvalue weighted by molar-refractivity contribution is 0.814. The molecule has 0 saturated heterocycles. The van der Waals surface area contributed by atoms with Crippen molar-refractivity contribution in [2.45, 2.75) is 0 Å². The van der Waals surface area contributed by atoms with Crippen molar-refractivity contribution >= 4 is 11.6 Å². The molecule has 3 heterocycles. The van der Waals surface area contributed by atoms with Gasteiger partial charge in [-0.1, -0.05) is 0 Å². The minimum atomic E-state index is 0.147. The Kier molecular flexibility index (Phi) is 2.70. The second-order valence-electron chi connectivity index (χ2n) is 3.40. The van der Waals surface area contributed by atoms with Gasteiger partial charge in [-0.25, -0.2) is 9.97 Å². The van der Waals surface area contributed by atoms with E-state index in [4.69, 9.17) is 11.6 Å².